The molecule has 0 spiro atoms. The van der Waals surface area contributed by atoms with Gasteiger partial charge in [-0.2, -0.15) is 0 Å². The Labute approximate surface area is 121 Å². The molecule has 2 amide bonds. The summed E-state index contributed by atoms with van der Waals surface area (Å²) in [5.74, 6) is -0.685. The first-order valence-corrected chi connectivity index (χ1v) is 6.29. The van der Waals surface area contributed by atoms with Crippen molar-refractivity contribution < 1.29 is 9.59 Å². The lowest BCUT2D eigenvalue weighted by molar-refractivity contribution is 0.0827. The average molecular weight is 285 g/mol. The van der Waals surface area contributed by atoms with Gasteiger partial charge >= 0.3 is 0 Å². The molecule has 0 saturated heterocycles. The predicted octanol–water partition coefficient (Wildman–Crippen LogP) is 1.33. The maximum atomic E-state index is 12.0. The third-order valence-corrected chi connectivity index (χ3v) is 2.84. The summed E-state index contributed by atoms with van der Waals surface area (Å²) in [6.07, 6.45) is 2.79. The Morgan fingerprint density at radius 3 is 2.62 bits per heavy atom. The highest BCUT2D eigenvalue weighted by molar-refractivity contribution is 6.04. The minimum absolute atomic E-state index is 0.0156. The standard InChI is InChI=1S/C15H15N3O3/c1-18(2)15(21)10-4-3-5-11(8-10)17-14(20)12-9-16-7-6-13(12)19/h3-9H,1-2H3,(H,16,19)(H,17,20). The summed E-state index contributed by atoms with van der Waals surface area (Å²) < 4.78 is 0. The van der Waals surface area contributed by atoms with E-state index in [9.17, 15) is 14.4 Å². The first-order chi connectivity index (χ1) is 9.99. The second kappa shape index (κ2) is 6.04. The Balaban J connectivity index is 2.23. The summed E-state index contributed by atoms with van der Waals surface area (Å²) in [7, 11) is 3.30. The zero-order chi connectivity index (χ0) is 15.4. The van der Waals surface area contributed by atoms with Crippen LogP contribution < -0.4 is 10.7 Å². The number of carbonyl (C=O) groups is 2. The fraction of sp³-hybridized carbons (Fsp3) is 0.133. The zero-order valence-corrected chi connectivity index (χ0v) is 11.7. The molecule has 2 N–H and O–H groups in total. The number of aromatic amines is 1. The molecule has 1 heterocycles. The second-order valence-electron chi connectivity index (χ2n) is 4.66. The van der Waals surface area contributed by atoms with Gasteiger partial charge in [-0.3, -0.25) is 14.4 Å². The molecule has 0 aliphatic heterocycles. The van der Waals surface area contributed by atoms with Crippen molar-refractivity contribution in [1.82, 2.24) is 9.88 Å². The van der Waals surface area contributed by atoms with Crippen LogP contribution in [0.3, 0.4) is 0 Å². The lowest BCUT2D eigenvalue weighted by Crippen LogP contribution is -2.23. The van der Waals surface area contributed by atoms with Crippen molar-refractivity contribution in [1.29, 1.82) is 0 Å². The van der Waals surface area contributed by atoms with Gasteiger partial charge in [-0.05, 0) is 18.2 Å². The van der Waals surface area contributed by atoms with E-state index in [1.807, 2.05) is 0 Å². The lowest BCUT2D eigenvalue weighted by Gasteiger charge is -2.11. The number of hydrogen-bond acceptors (Lipinski definition) is 3. The molecule has 0 bridgehead atoms. The Hall–Kier alpha value is -2.89. The Kier molecular flexibility index (Phi) is 4.18. The summed E-state index contributed by atoms with van der Waals surface area (Å²) in [5.41, 5.74) is 0.560. The van der Waals surface area contributed by atoms with Gasteiger partial charge in [-0.15, -0.1) is 0 Å². The molecule has 1 aromatic carbocycles. The van der Waals surface area contributed by atoms with Crippen molar-refractivity contribution in [2.75, 3.05) is 19.4 Å². The smallest absolute Gasteiger partial charge is 0.261 e. The molecule has 1 aromatic heterocycles. The van der Waals surface area contributed by atoms with Crippen LogP contribution >= 0.6 is 0 Å². The Bertz CT molecular complexity index is 735. The number of hydrogen-bond donors (Lipinski definition) is 2. The van der Waals surface area contributed by atoms with Crippen LogP contribution in [0, 0.1) is 0 Å². The van der Waals surface area contributed by atoms with E-state index in [1.54, 1.807) is 38.4 Å². The summed E-state index contributed by atoms with van der Waals surface area (Å²) in [4.78, 5) is 39.6. The van der Waals surface area contributed by atoms with Gasteiger partial charge in [-0.1, -0.05) is 6.07 Å². The zero-order valence-electron chi connectivity index (χ0n) is 11.7. The fourth-order valence-corrected chi connectivity index (χ4v) is 1.78. The predicted molar refractivity (Wildman–Crippen MR) is 79.5 cm³/mol. The van der Waals surface area contributed by atoms with E-state index in [4.69, 9.17) is 0 Å². The number of carbonyl (C=O) groups excluding carboxylic acids is 2. The first-order valence-electron chi connectivity index (χ1n) is 6.29. The van der Waals surface area contributed by atoms with Crippen molar-refractivity contribution >= 4 is 17.5 Å². The number of pyridine rings is 1. The third kappa shape index (κ3) is 3.36. The highest BCUT2D eigenvalue weighted by Gasteiger charge is 2.12. The number of benzene rings is 1. The van der Waals surface area contributed by atoms with Crippen LogP contribution in [0.1, 0.15) is 20.7 Å². The summed E-state index contributed by atoms with van der Waals surface area (Å²) in [6.45, 7) is 0. The van der Waals surface area contributed by atoms with E-state index in [0.29, 0.717) is 11.3 Å². The SMILES string of the molecule is CN(C)C(=O)c1cccc(NC(=O)c2c[nH]ccc2=O)c1. The molecule has 2 rings (SSSR count). The van der Waals surface area contributed by atoms with Gasteiger partial charge in [0.1, 0.15) is 5.56 Å². The van der Waals surface area contributed by atoms with E-state index in [-0.39, 0.29) is 16.9 Å². The third-order valence-electron chi connectivity index (χ3n) is 2.84. The van der Waals surface area contributed by atoms with Gasteiger partial charge in [0.05, 0.1) is 0 Å². The maximum Gasteiger partial charge on any atom is 0.261 e. The van der Waals surface area contributed by atoms with E-state index < -0.39 is 5.91 Å². The van der Waals surface area contributed by atoms with E-state index in [1.165, 1.54) is 23.4 Å². The molecular formula is C15H15N3O3. The van der Waals surface area contributed by atoms with E-state index >= 15 is 0 Å². The Morgan fingerprint density at radius 2 is 1.95 bits per heavy atom. The van der Waals surface area contributed by atoms with Crippen LogP contribution in [0.2, 0.25) is 0 Å². The largest absolute Gasteiger partial charge is 0.367 e. The molecule has 6 nitrogen and oxygen atoms in total. The van der Waals surface area contributed by atoms with Gasteiger partial charge in [0.2, 0.25) is 0 Å². The van der Waals surface area contributed by atoms with Gasteiger partial charge in [-0.25, -0.2) is 0 Å². The normalized spacial score (nSPS) is 10.0. The van der Waals surface area contributed by atoms with Crippen LogP contribution in [-0.4, -0.2) is 35.8 Å². The average Bonchev–Trinajstić information content (AvgIpc) is 2.47. The van der Waals surface area contributed by atoms with Crippen LogP contribution in [0.25, 0.3) is 0 Å². The second-order valence-corrected chi connectivity index (χ2v) is 4.66. The highest BCUT2D eigenvalue weighted by Crippen LogP contribution is 2.12. The minimum atomic E-state index is -0.522. The fourth-order valence-electron chi connectivity index (χ4n) is 1.78. The molecule has 0 radical (unpaired) electrons. The molecule has 0 fully saturated rings. The summed E-state index contributed by atoms with van der Waals surface area (Å²) >= 11 is 0. The van der Waals surface area contributed by atoms with Gasteiger partial charge in [0, 0.05) is 43.8 Å². The monoisotopic (exact) mass is 285 g/mol. The molecule has 0 unspecified atom stereocenters. The number of H-pyrrole nitrogens is 1. The van der Waals surface area contributed by atoms with Crippen molar-refractivity contribution in [2.24, 2.45) is 0 Å². The molecular weight excluding hydrogens is 270 g/mol. The molecule has 0 atom stereocenters. The minimum Gasteiger partial charge on any atom is -0.367 e. The molecule has 21 heavy (non-hydrogen) atoms. The molecule has 2 aromatic rings. The number of nitrogens with zero attached hydrogens (tertiary/aromatic N) is 1. The number of anilines is 1. The Morgan fingerprint density at radius 1 is 1.19 bits per heavy atom. The van der Waals surface area contributed by atoms with E-state index in [2.05, 4.69) is 10.3 Å². The topological polar surface area (TPSA) is 82.3 Å². The highest BCUT2D eigenvalue weighted by atomic mass is 16.2. The molecule has 108 valence electrons. The molecule has 6 heteroatoms. The van der Waals surface area contributed by atoms with Crippen molar-refractivity contribution in [3.8, 4) is 0 Å². The number of nitrogens with one attached hydrogen (secondary N) is 2. The van der Waals surface area contributed by atoms with Crippen molar-refractivity contribution in [2.45, 2.75) is 0 Å². The number of amides is 2. The van der Waals surface area contributed by atoms with Crippen molar-refractivity contribution in [3.05, 3.63) is 64.1 Å². The summed E-state index contributed by atoms with van der Waals surface area (Å²) in [6, 6.07) is 7.83. The van der Waals surface area contributed by atoms with Crippen LogP contribution in [0.5, 0.6) is 0 Å². The van der Waals surface area contributed by atoms with Crippen molar-refractivity contribution in [3.63, 3.8) is 0 Å². The van der Waals surface area contributed by atoms with Crippen LogP contribution in [0.15, 0.2) is 47.5 Å². The van der Waals surface area contributed by atoms with Gasteiger partial charge in [0.25, 0.3) is 11.8 Å². The lowest BCUT2D eigenvalue weighted by atomic mass is 10.1. The molecule has 0 aliphatic rings. The molecule has 0 saturated carbocycles. The summed E-state index contributed by atoms with van der Waals surface area (Å²) in [5, 5.41) is 2.60. The number of aromatic nitrogens is 1. The maximum absolute atomic E-state index is 12.0. The van der Waals surface area contributed by atoms with Crippen LogP contribution in [-0.2, 0) is 0 Å². The number of rotatable bonds is 3. The quantitative estimate of drug-likeness (QED) is 0.892. The van der Waals surface area contributed by atoms with Gasteiger partial charge in [0.15, 0.2) is 5.43 Å². The van der Waals surface area contributed by atoms with E-state index in [0.717, 1.165) is 0 Å². The molecule has 0 aliphatic carbocycles. The first kappa shape index (κ1) is 14.5. The van der Waals surface area contributed by atoms with Crippen LogP contribution in [0.4, 0.5) is 5.69 Å². The van der Waals surface area contributed by atoms with Gasteiger partial charge < -0.3 is 15.2 Å².